The van der Waals surface area contributed by atoms with Crippen LogP contribution in [0.5, 0.6) is 0 Å². The van der Waals surface area contributed by atoms with Gasteiger partial charge in [-0.2, -0.15) is 0 Å². The van der Waals surface area contributed by atoms with Gasteiger partial charge in [-0.15, -0.1) is 0 Å². The fourth-order valence-electron chi connectivity index (χ4n) is 3.28. The predicted octanol–water partition coefficient (Wildman–Crippen LogP) is 4.71. The molecule has 30 heavy (non-hydrogen) atoms. The molecule has 150 valence electrons. The molecule has 0 aliphatic rings. The van der Waals surface area contributed by atoms with Gasteiger partial charge < -0.3 is 10.3 Å². The first-order valence-corrected chi connectivity index (χ1v) is 10.6. The smallest absolute Gasteiger partial charge is 0.255 e. The Hall–Kier alpha value is -3.38. The summed E-state index contributed by atoms with van der Waals surface area (Å²) in [6, 6.07) is 23.6. The lowest BCUT2D eigenvalue weighted by molar-refractivity contribution is -0.115. The Kier molecular flexibility index (Phi) is 5.95. The summed E-state index contributed by atoms with van der Waals surface area (Å²) in [4.78, 5) is 32.5. The molecule has 0 radical (unpaired) electrons. The van der Waals surface area contributed by atoms with Gasteiger partial charge in [-0.05, 0) is 23.9 Å². The van der Waals surface area contributed by atoms with Crippen LogP contribution >= 0.6 is 11.8 Å². The van der Waals surface area contributed by atoms with Crippen LogP contribution in [0.2, 0.25) is 0 Å². The molecule has 0 unspecified atom stereocenters. The second-order valence-corrected chi connectivity index (χ2v) is 7.93. The summed E-state index contributed by atoms with van der Waals surface area (Å²) in [5.41, 5.74) is 2.57. The van der Waals surface area contributed by atoms with E-state index in [9.17, 15) is 9.59 Å². The molecule has 6 heteroatoms. The quantitative estimate of drug-likeness (QED) is 0.353. The molecular formula is C24H21N3O2S. The van der Waals surface area contributed by atoms with Crippen molar-refractivity contribution in [3.05, 3.63) is 100.0 Å². The fraction of sp³-hybridized carbons (Fsp3) is 0.125. The minimum atomic E-state index is -0.272. The van der Waals surface area contributed by atoms with Crippen molar-refractivity contribution < 1.29 is 4.79 Å². The first-order valence-electron chi connectivity index (χ1n) is 9.64. The van der Waals surface area contributed by atoms with Gasteiger partial charge in [0.1, 0.15) is 0 Å². The van der Waals surface area contributed by atoms with Crippen LogP contribution in [0.3, 0.4) is 0 Å². The third-order valence-corrected chi connectivity index (χ3v) is 5.76. The van der Waals surface area contributed by atoms with Crippen LogP contribution in [0.1, 0.15) is 16.8 Å². The average Bonchev–Trinajstić information content (AvgIpc) is 2.76. The van der Waals surface area contributed by atoms with Gasteiger partial charge >= 0.3 is 0 Å². The van der Waals surface area contributed by atoms with E-state index in [-0.39, 0.29) is 17.9 Å². The van der Waals surface area contributed by atoms with Crippen molar-refractivity contribution in [2.75, 3.05) is 5.32 Å². The number of hydrogen-bond acceptors (Lipinski definition) is 4. The molecule has 2 N–H and O–H groups in total. The van der Waals surface area contributed by atoms with Gasteiger partial charge in [0, 0.05) is 28.1 Å². The predicted molar refractivity (Wildman–Crippen MR) is 122 cm³/mol. The van der Waals surface area contributed by atoms with Gasteiger partial charge in [0.2, 0.25) is 5.91 Å². The summed E-state index contributed by atoms with van der Waals surface area (Å²) in [5.74, 6) is 0.468. The van der Waals surface area contributed by atoms with Crippen LogP contribution in [-0.2, 0) is 17.0 Å². The normalized spacial score (nSPS) is 10.8. The molecule has 0 aliphatic carbocycles. The molecule has 1 heterocycles. The molecule has 5 nitrogen and oxygen atoms in total. The Morgan fingerprint density at radius 1 is 1.00 bits per heavy atom. The van der Waals surface area contributed by atoms with Crippen molar-refractivity contribution >= 4 is 34.1 Å². The van der Waals surface area contributed by atoms with Crippen molar-refractivity contribution in [2.24, 2.45) is 0 Å². The first-order chi connectivity index (χ1) is 14.6. The van der Waals surface area contributed by atoms with E-state index in [4.69, 9.17) is 0 Å². The molecule has 0 aliphatic heterocycles. The highest BCUT2D eigenvalue weighted by molar-refractivity contribution is 7.98. The van der Waals surface area contributed by atoms with E-state index in [0.29, 0.717) is 22.2 Å². The van der Waals surface area contributed by atoms with Gasteiger partial charge in [0.25, 0.3) is 5.56 Å². The minimum absolute atomic E-state index is 0.0268. The monoisotopic (exact) mass is 415 g/mol. The highest BCUT2D eigenvalue weighted by Crippen LogP contribution is 2.23. The maximum atomic E-state index is 12.6. The van der Waals surface area contributed by atoms with Crippen LogP contribution in [-0.4, -0.2) is 15.9 Å². The van der Waals surface area contributed by atoms with Crippen molar-refractivity contribution in [2.45, 2.75) is 24.3 Å². The van der Waals surface area contributed by atoms with Gasteiger partial charge in [0.05, 0.1) is 6.42 Å². The van der Waals surface area contributed by atoms with Crippen LogP contribution in [0.25, 0.3) is 10.8 Å². The number of nitrogens with one attached hydrogen (secondary N) is 2. The summed E-state index contributed by atoms with van der Waals surface area (Å²) < 4.78 is 0. The van der Waals surface area contributed by atoms with Crippen LogP contribution in [0, 0.1) is 6.92 Å². The summed E-state index contributed by atoms with van der Waals surface area (Å²) in [7, 11) is 0. The first kappa shape index (κ1) is 19.9. The van der Waals surface area contributed by atoms with E-state index in [0.717, 1.165) is 22.0 Å². The highest BCUT2D eigenvalue weighted by atomic mass is 32.2. The number of anilines is 1. The Balaban J connectivity index is 1.47. The second-order valence-electron chi connectivity index (χ2n) is 6.96. The summed E-state index contributed by atoms with van der Waals surface area (Å²) >= 11 is 1.47. The maximum Gasteiger partial charge on any atom is 0.255 e. The molecule has 4 rings (SSSR count). The Bertz CT molecular complexity index is 1250. The average molecular weight is 416 g/mol. The second kappa shape index (κ2) is 8.97. The molecule has 1 aromatic heterocycles. The third kappa shape index (κ3) is 4.60. The number of aromatic amines is 1. The van der Waals surface area contributed by atoms with Crippen LogP contribution in [0.15, 0.2) is 82.7 Å². The van der Waals surface area contributed by atoms with Crippen LogP contribution < -0.4 is 10.9 Å². The van der Waals surface area contributed by atoms with E-state index < -0.39 is 0 Å². The highest BCUT2D eigenvalue weighted by Gasteiger charge is 2.14. The lowest BCUT2D eigenvalue weighted by Crippen LogP contribution is -2.23. The minimum Gasteiger partial charge on any atom is -0.325 e. The number of fused-ring (bicyclic) bond motifs is 1. The number of carbonyl (C=O) groups excluding carboxylic acids is 1. The molecular weight excluding hydrogens is 394 g/mol. The topological polar surface area (TPSA) is 74.8 Å². The van der Waals surface area contributed by atoms with Gasteiger partial charge in [0.15, 0.2) is 5.16 Å². The molecule has 0 bridgehead atoms. The lowest BCUT2D eigenvalue weighted by Gasteiger charge is -2.10. The van der Waals surface area contributed by atoms with Crippen molar-refractivity contribution in [1.82, 2.24) is 9.97 Å². The number of nitrogens with zero attached hydrogens (tertiary/aromatic N) is 1. The number of aromatic nitrogens is 2. The number of rotatable bonds is 6. The molecule has 0 fully saturated rings. The van der Waals surface area contributed by atoms with E-state index in [1.165, 1.54) is 11.8 Å². The zero-order valence-corrected chi connectivity index (χ0v) is 17.3. The number of thioether (sulfide) groups is 1. The molecule has 0 saturated heterocycles. The zero-order chi connectivity index (χ0) is 20.9. The van der Waals surface area contributed by atoms with Gasteiger partial charge in [-0.3, -0.25) is 9.59 Å². The Morgan fingerprint density at radius 2 is 1.73 bits per heavy atom. The van der Waals surface area contributed by atoms with E-state index >= 15 is 0 Å². The van der Waals surface area contributed by atoms with Crippen LogP contribution in [0.4, 0.5) is 5.69 Å². The third-order valence-electron chi connectivity index (χ3n) is 4.82. The van der Waals surface area contributed by atoms with E-state index in [1.54, 1.807) is 6.92 Å². The zero-order valence-electron chi connectivity index (χ0n) is 16.5. The number of hydrogen-bond donors (Lipinski definition) is 2. The summed E-state index contributed by atoms with van der Waals surface area (Å²) in [5, 5.41) is 5.49. The molecule has 3 aromatic carbocycles. The number of benzene rings is 3. The largest absolute Gasteiger partial charge is 0.325 e. The number of carbonyl (C=O) groups is 1. The molecule has 0 saturated carbocycles. The van der Waals surface area contributed by atoms with Gasteiger partial charge in [-0.25, -0.2) is 4.98 Å². The molecule has 0 atom stereocenters. The standard InChI is InChI=1S/C24H21N3O2S/c1-16-20(23(29)27-24(25-16)30-15-17-8-3-2-4-9-17)14-22(28)26-21-13-7-11-18-10-5-6-12-19(18)21/h2-13H,14-15H2,1H3,(H,26,28)(H,25,27,29). The fourth-order valence-corrected chi connectivity index (χ4v) is 4.14. The van der Waals surface area contributed by atoms with Crippen molar-refractivity contribution in [3.8, 4) is 0 Å². The lowest BCUT2D eigenvalue weighted by atomic mass is 10.1. The number of aryl methyl sites for hydroxylation is 1. The van der Waals surface area contributed by atoms with E-state index in [2.05, 4.69) is 15.3 Å². The maximum absolute atomic E-state index is 12.6. The van der Waals surface area contributed by atoms with E-state index in [1.807, 2.05) is 72.8 Å². The Labute approximate surface area is 178 Å². The molecule has 1 amide bonds. The molecule has 4 aromatic rings. The Morgan fingerprint density at radius 3 is 2.53 bits per heavy atom. The number of H-pyrrole nitrogens is 1. The summed E-state index contributed by atoms with van der Waals surface area (Å²) in [6.07, 6.45) is -0.0268. The van der Waals surface area contributed by atoms with Crippen molar-refractivity contribution in [1.29, 1.82) is 0 Å². The summed E-state index contributed by atoms with van der Waals surface area (Å²) in [6.45, 7) is 1.77. The van der Waals surface area contributed by atoms with Gasteiger partial charge in [-0.1, -0.05) is 78.5 Å². The molecule has 0 spiro atoms. The SMILES string of the molecule is Cc1nc(SCc2ccccc2)[nH]c(=O)c1CC(=O)Nc1cccc2ccccc12. The van der Waals surface area contributed by atoms with Crippen molar-refractivity contribution in [3.63, 3.8) is 0 Å². The number of amides is 1.